The van der Waals surface area contributed by atoms with Gasteiger partial charge in [0.1, 0.15) is 0 Å². The molecule has 0 bridgehead atoms. The number of hydrogen-bond donors (Lipinski definition) is 0. The number of alkyl halides is 2. The van der Waals surface area contributed by atoms with Crippen LogP contribution in [0, 0.1) is 0 Å². The zero-order valence-corrected chi connectivity index (χ0v) is 4.12. The van der Waals surface area contributed by atoms with Gasteiger partial charge in [-0.25, -0.2) is 0 Å². The van der Waals surface area contributed by atoms with Crippen LogP contribution in [0.5, 0.6) is 0 Å². The highest BCUT2D eigenvalue weighted by Gasteiger charge is 2.01. The molecule has 0 amide bonds. The largest absolute Gasteiger partial charge is 0.408 e. The van der Waals surface area contributed by atoms with E-state index in [-0.39, 0.29) is 4.80 Å². The van der Waals surface area contributed by atoms with E-state index in [0.29, 0.717) is 0 Å². The van der Waals surface area contributed by atoms with Crippen LogP contribution < -0.4 is 0 Å². The van der Waals surface area contributed by atoms with Gasteiger partial charge in [0, 0.05) is 0 Å². The highest BCUT2D eigenvalue weighted by atomic mass is 19.3. The molecule has 1 rings (SSSR count). The molecular formula is C2H2F2N5-. The molecule has 0 saturated heterocycles. The summed E-state index contributed by atoms with van der Waals surface area (Å²) in [5.74, 6) is -0.504. The van der Waals surface area contributed by atoms with E-state index in [4.69, 9.17) is 5.73 Å². The molecule has 0 aliphatic rings. The van der Waals surface area contributed by atoms with Crippen molar-refractivity contribution in [2.24, 2.45) is 0 Å². The van der Waals surface area contributed by atoms with E-state index in [2.05, 4.69) is 15.4 Å². The molecule has 0 saturated carbocycles. The first-order valence-corrected chi connectivity index (χ1v) is 1.99. The number of halogens is 2. The van der Waals surface area contributed by atoms with Crippen molar-refractivity contribution in [1.82, 2.24) is 20.2 Å². The molecule has 0 radical (unpaired) electrons. The third-order valence-corrected chi connectivity index (χ3v) is 0.603. The zero-order valence-electron chi connectivity index (χ0n) is 4.12. The predicted molar refractivity (Wildman–Crippen MR) is 23.1 cm³/mol. The first-order chi connectivity index (χ1) is 4.20. The quantitative estimate of drug-likeness (QED) is 0.569. The van der Waals surface area contributed by atoms with Crippen LogP contribution in [0.2, 0.25) is 0 Å². The molecule has 0 fully saturated rings. The summed E-state index contributed by atoms with van der Waals surface area (Å²) in [6.07, 6.45) is 0. The van der Waals surface area contributed by atoms with Gasteiger partial charge in [-0.2, -0.15) is 13.6 Å². The van der Waals surface area contributed by atoms with E-state index < -0.39 is 12.5 Å². The average Bonchev–Trinajstić information content (AvgIpc) is 2.14. The van der Waals surface area contributed by atoms with Crippen LogP contribution in [0.25, 0.3) is 5.73 Å². The number of hydrogen-bond acceptors (Lipinski definition) is 3. The average molecular weight is 134 g/mol. The van der Waals surface area contributed by atoms with Crippen LogP contribution in [-0.4, -0.2) is 20.2 Å². The summed E-state index contributed by atoms with van der Waals surface area (Å²) < 4.78 is 23.0. The van der Waals surface area contributed by atoms with Crippen molar-refractivity contribution < 1.29 is 8.78 Å². The SMILES string of the molecule is [NH-]c1nnn(C(F)F)n1. The van der Waals surface area contributed by atoms with Gasteiger partial charge in [-0.05, 0) is 0 Å². The number of nitrogens with zero attached hydrogens (tertiary/aromatic N) is 4. The number of rotatable bonds is 1. The fraction of sp³-hybridized carbons (Fsp3) is 0.500. The Labute approximate surface area is 48.5 Å². The van der Waals surface area contributed by atoms with Crippen molar-refractivity contribution in [1.29, 1.82) is 0 Å². The van der Waals surface area contributed by atoms with Crippen LogP contribution in [-0.2, 0) is 0 Å². The van der Waals surface area contributed by atoms with Gasteiger partial charge in [0.05, 0.1) is 5.95 Å². The molecular weight excluding hydrogens is 132 g/mol. The Bertz CT molecular complexity index is 195. The maximum Gasteiger partial charge on any atom is 0.338 e. The van der Waals surface area contributed by atoms with Crippen molar-refractivity contribution in [2.45, 2.75) is 6.55 Å². The Morgan fingerprint density at radius 1 is 1.56 bits per heavy atom. The van der Waals surface area contributed by atoms with Gasteiger partial charge < -0.3 is 5.73 Å². The second-order valence-corrected chi connectivity index (χ2v) is 1.21. The highest BCUT2D eigenvalue weighted by Crippen LogP contribution is 2.06. The molecule has 0 aromatic carbocycles. The second-order valence-electron chi connectivity index (χ2n) is 1.21. The lowest BCUT2D eigenvalue weighted by atomic mass is 11.1. The van der Waals surface area contributed by atoms with E-state index in [9.17, 15) is 8.78 Å². The molecule has 0 aliphatic carbocycles. The maximum absolute atomic E-state index is 11.5. The van der Waals surface area contributed by atoms with E-state index in [1.54, 1.807) is 0 Å². The van der Waals surface area contributed by atoms with Crippen molar-refractivity contribution in [3.63, 3.8) is 0 Å². The lowest BCUT2D eigenvalue weighted by molar-refractivity contribution is 0.0398. The van der Waals surface area contributed by atoms with Crippen molar-refractivity contribution in [2.75, 3.05) is 0 Å². The summed E-state index contributed by atoms with van der Waals surface area (Å²) in [6.45, 7) is -2.81. The van der Waals surface area contributed by atoms with Crippen LogP contribution in [0.3, 0.4) is 0 Å². The molecule has 0 unspecified atom stereocenters. The fourth-order valence-electron chi connectivity index (χ4n) is 0.308. The van der Waals surface area contributed by atoms with Crippen LogP contribution >= 0.6 is 0 Å². The first-order valence-electron chi connectivity index (χ1n) is 1.99. The van der Waals surface area contributed by atoms with Crippen molar-refractivity contribution >= 4 is 5.95 Å². The Hall–Kier alpha value is -1.27. The summed E-state index contributed by atoms with van der Waals surface area (Å²) in [7, 11) is 0. The van der Waals surface area contributed by atoms with Gasteiger partial charge in [0.25, 0.3) is 0 Å². The van der Waals surface area contributed by atoms with E-state index in [1.807, 2.05) is 0 Å². The van der Waals surface area contributed by atoms with E-state index in [0.717, 1.165) is 0 Å². The van der Waals surface area contributed by atoms with Crippen molar-refractivity contribution in [3.8, 4) is 0 Å². The van der Waals surface area contributed by atoms with E-state index in [1.165, 1.54) is 0 Å². The minimum atomic E-state index is -2.81. The maximum atomic E-state index is 11.5. The fourth-order valence-corrected chi connectivity index (χ4v) is 0.308. The molecule has 9 heavy (non-hydrogen) atoms. The van der Waals surface area contributed by atoms with Gasteiger partial charge in [0.15, 0.2) is 0 Å². The molecule has 5 nitrogen and oxygen atoms in total. The first kappa shape index (κ1) is 5.86. The standard InChI is InChI=1S/C2H2F2N5/c3-1(4)9-7-2(5)6-8-9/h1H,(H-,5,7)/q-1. The van der Waals surface area contributed by atoms with Crippen LogP contribution in [0.1, 0.15) is 6.55 Å². The van der Waals surface area contributed by atoms with Crippen LogP contribution in [0.15, 0.2) is 0 Å². The Kier molecular flexibility index (Phi) is 1.25. The molecule has 1 N–H and O–H groups in total. The smallest absolute Gasteiger partial charge is 0.338 e. The minimum Gasteiger partial charge on any atom is -0.408 e. The van der Waals surface area contributed by atoms with E-state index >= 15 is 0 Å². The van der Waals surface area contributed by atoms with Gasteiger partial charge in [-0.1, -0.05) is 0 Å². The molecule has 0 spiro atoms. The molecule has 7 heteroatoms. The number of tetrazole rings is 1. The lowest BCUT2D eigenvalue weighted by Crippen LogP contribution is -2.01. The Morgan fingerprint density at radius 2 is 2.22 bits per heavy atom. The zero-order chi connectivity index (χ0) is 6.85. The number of aromatic nitrogens is 4. The third kappa shape index (κ3) is 1.09. The summed E-state index contributed by atoms with van der Waals surface area (Å²) in [4.78, 5) is 0.0718. The minimum absolute atomic E-state index is 0.0718. The molecule has 0 aliphatic heterocycles. The molecule has 0 atom stereocenters. The topological polar surface area (TPSA) is 67.4 Å². The van der Waals surface area contributed by atoms with Crippen LogP contribution in [0.4, 0.5) is 14.7 Å². The summed E-state index contributed by atoms with van der Waals surface area (Å²) in [5.41, 5.74) is 6.57. The normalized spacial score (nSPS) is 10.6. The molecule has 1 aromatic rings. The van der Waals surface area contributed by atoms with Gasteiger partial charge >= 0.3 is 6.55 Å². The monoisotopic (exact) mass is 134 g/mol. The van der Waals surface area contributed by atoms with Gasteiger partial charge in [-0.3, -0.25) is 10.2 Å². The van der Waals surface area contributed by atoms with Gasteiger partial charge in [-0.15, -0.1) is 5.21 Å². The summed E-state index contributed by atoms with van der Waals surface area (Å²) in [5, 5.41) is 8.68. The second kappa shape index (κ2) is 1.92. The Morgan fingerprint density at radius 3 is 2.44 bits per heavy atom. The highest BCUT2D eigenvalue weighted by molar-refractivity contribution is 5.15. The predicted octanol–water partition coefficient (Wildman–Crippen LogP) is 0.752. The van der Waals surface area contributed by atoms with Gasteiger partial charge in [0.2, 0.25) is 0 Å². The third-order valence-electron chi connectivity index (χ3n) is 0.603. The summed E-state index contributed by atoms with van der Waals surface area (Å²) in [6, 6.07) is 0. The molecule has 1 heterocycles. The molecule has 1 aromatic heterocycles. The number of nitrogens with one attached hydrogen (secondary N) is 1. The van der Waals surface area contributed by atoms with Crippen molar-refractivity contribution in [3.05, 3.63) is 5.73 Å². The molecule has 50 valence electrons. The Balaban J connectivity index is 2.85. The summed E-state index contributed by atoms with van der Waals surface area (Å²) >= 11 is 0. The lowest BCUT2D eigenvalue weighted by Gasteiger charge is -1.95.